The number of pyridine rings is 1. The number of aromatic nitrogens is 3. The molecule has 5 rings (SSSR count). The van der Waals surface area contributed by atoms with Gasteiger partial charge in [0.05, 0.1) is 11.4 Å². The lowest BCUT2D eigenvalue weighted by atomic mass is 9.93. The molecule has 32 heavy (non-hydrogen) atoms. The first-order valence-electron chi connectivity index (χ1n) is 12.3. The molecule has 1 N–H and O–H groups in total. The Morgan fingerprint density at radius 2 is 1.94 bits per heavy atom. The van der Waals surface area contributed by atoms with Crippen LogP contribution in [0.25, 0.3) is 11.3 Å². The molecule has 5 heteroatoms. The average molecular weight is 430 g/mol. The number of benzene rings is 1. The first-order chi connectivity index (χ1) is 15.8. The summed E-state index contributed by atoms with van der Waals surface area (Å²) in [6.45, 7) is 6.36. The van der Waals surface area contributed by atoms with Crippen LogP contribution in [-0.2, 0) is 19.5 Å². The van der Waals surface area contributed by atoms with Crippen LogP contribution >= 0.6 is 0 Å². The topological polar surface area (TPSA) is 46.0 Å². The van der Waals surface area contributed by atoms with Crippen molar-refractivity contribution in [2.45, 2.75) is 71.0 Å². The Hall–Kier alpha value is -2.66. The van der Waals surface area contributed by atoms with E-state index in [1.807, 2.05) is 12.3 Å². The van der Waals surface area contributed by atoms with Crippen LogP contribution in [0, 0.1) is 6.92 Å². The first-order valence-corrected chi connectivity index (χ1v) is 12.3. The minimum atomic E-state index is 0.808. The van der Waals surface area contributed by atoms with Gasteiger partial charge in [-0.15, -0.1) is 0 Å². The standard InChI is InChI=1S/C27H35N5/c1-21-25-20-31(24-13-16-29-26(19-24)22-9-4-2-5-10-22)18-14-27(25)32(30-21)17-7-3-6-15-28-23-11-8-12-23/h2,4-5,9-10,13,16,19,23,28H,3,6-8,11-12,14-15,17-18,20H2,1H3. The number of aryl methyl sites for hydroxylation is 2. The molecule has 2 aliphatic rings. The van der Waals surface area contributed by atoms with Crippen molar-refractivity contribution in [3.8, 4) is 11.3 Å². The van der Waals surface area contributed by atoms with E-state index in [2.05, 4.69) is 63.2 Å². The van der Waals surface area contributed by atoms with Crippen LogP contribution in [0.4, 0.5) is 5.69 Å². The van der Waals surface area contributed by atoms with E-state index >= 15 is 0 Å². The number of hydrogen-bond donors (Lipinski definition) is 1. The van der Waals surface area contributed by atoms with Crippen molar-refractivity contribution in [3.05, 3.63) is 65.6 Å². The maximum atomic E-state index is 4.92. The van der Waals surface area contributed by atoms with Gasteiger partial charge in [-0.25, -0.2) is 0 Å². The second kappa shape index (κ2) is 9.86. The van der Waals surface area contributed by atoms with Crippen LogP contribution in [0.15, 0.2) is 48.7 Å². The van der Waals surface area contributed by atoms with Crippen molar-refractivity contribution in [1.29, 1.82) is 0 Å². The van der Waals surface area contributed by atoms with Gasteiger partial charge in [-0.3, -0.25) is 9.67 Å². The Labute approximate surface area is 191 Å². The molecule has 0 bridgehead atoms. The van der Waals surface area contributed by atoms with Crippen molar-refractivity contribution in [2.75, 3.05) is 18.0 Å². The van der Waals surface area contributed by atoms with Crippen LogP contribution in [-0.4, -0.2) is 33.9 Å². The molecule has 1 aliphatic heterocycles. The maximum absolute atomic E-state index is 4.92. The second-order valence-electron chi connectivity index (χ2n) is 9.31. The third-order valence-electron chi connectivity index (χ3n) is 7.10. The lowest BCUT2D eigenvalue weighted by Crippen LogP contribution is -2.35. The van der Waals surface area contributed by atoms with Crippen molar-refractivity contribution in [2.24, 2.45) is 0 Å². The largest absolute Gasteiger partial charge is 0.367 e. The molecule has 0 atom stereocenters. The van der Waals surface area contributed by atoms with Gasteiger partial charge in [-0.1, -0.05) is 43.2 Å². The van der Waals surface area contributed by atoms with Crippen LogP contribution in [0.1, 0.15) is 55.5 Å². The number of rotatable bonds is 9. The highest BCUT2D eigenvalue weighted by Crippen LogP contribution is 2.29. The van der Waals surface area contributed by atoms with Crippen molar-refractivity contribution < 1.29 is 0 Å². The fourth-order valence-corrected chi connectivity index (χ4v) is 4.93. The van der Waals surface area contributed by atoms with E-state index in [9.17, 15) is 0 Å². The van der Waals surface area contributed by atoms with Gasteiger partial charge in [0.25, 0.3) is 0 Å². The highest BCUT2D eigenvalue weighted by atomic mass is 15.3. The van der Waals surface area contributed by atoms with Crippen LogP contribution in [0.5, 0.6) is 0 Å². The monoisotopic (exact) mass is 429 g/mol. The minimum Gasteiger partial charge on any atom is -0.367 e. The van der Waals surface area contributed by atoms with Gasteiger partial charge >= 0.3 is 0 Å². The fourth-order valence-electron chi connectivity index (χ4n) is 4.93. The molecule has 1 fully saturated rings. The Morgan fingerprint density at radius 3 is 2.75 bits per heavy atom. The number of fused-ring (bicyclic) bond motifs is 1. The SMILES string of the molecule is Cc1nn(CCCCCNC2CCC2)c2c1CN(c1ccnc(-c3ccccc3)c1)CC2. The number of anilines is 1. The highest BCUT2D eigenvalue weighted by Gasteiger charge is 2.23. The summed E-state index contributed by atoms with van der Waals surface area (Å²) in [7, 11) is 0. The van der Waals surface area contributed by atoms with Gasteiger partial charge in [0.2, 0.25) is 0 Å². The quantitative estimate of drug-likeness (QED) is 0.479. The van der Waals surface area contributed by atoms with E-state index in [4.69, 9.17) is 5.10 Å². The lowest BCUT2D eigenvalue weighted by Gasteiger charge is -2.30. The molecule has 0 amide bonds. The predicted octanol–water partition coefficient (Wildman–Crippen LogP) is 5.13. The van der Waals surface area contributed by atoms with E-state index in [0.29, 0.717) is 0 Å². The number of hydrogen-bond acceptors (Lipinski definition) is 4. The fraction of sp³-hybridized carbons (Fsp3) is 0.481. The van der Waals surface area contributed by atoms with Crippen molar-refractivity contribution in [1.82, 2.24) is 20.1 Å². The molecule has 1 aromatic carbocycles. The summed E-state index contributed by atoms with van der Waals surface area (Å²) < 4.78 is 2.29. The Bertz CT molecular complexity index is 1020. The first kappa shape index (κ1) is 21.2. The zero-order chi connectivity index (χ0) is 21.8. The zero-order valence-electron chi connectivity index (χ0n) is 19.3. The second-order valence-corrected chi connectivity index (χ2v) is 9.31. The van der Waals surface area contributed by atoms with E-state index in [1.54, 1.807) is 0 Å². The van der Waals surface area contributed by atoms with E-state index < -0.39 is 0 Å². The molecule has 0 spiro atoms. The summed E-state index contributed by atoms with van der Waals surface area (Å²) in [6.07, 6.45) is 10.9. The summed E-state index contributed by atoms with van der Waals surface area (Å²) in [5.41, 5.74) is 7.50. The Kier molecular flexibility index (Phi) is 6.54. The summed E-state index contributed by atoms with van der Waals surface area (Å²) in [5, 5.41) is 8.59. The van der Waals surface area contributed by atoms with Crippen molar-refractivity contribution in [3.63, 3.8) is 0 Å². The van der Waals surface area contributed by atoms with Gasteiger partial charge in [-0.2, -0.15) is 5.10 Å². The molecule has 2 aromatic heterocycles. The molecular formula is C27H35N5. The average Bonchev–Trinajstić information content (AvgIpc) is 3.13. The predicted molar refractivity (Wildman–Crippen MR) is 131 cm³/mol. The third kappa shape index (κ3) is 4.73. The summed E-state index contributed by atoms with van der Waals surface area (Å²) in [5.74, 6) is 0. The molecule has 168 valence electrons. The Balaban J connectivity index is 1.19. The lowest BCUT2D eigenvalue weighted by molar-refractivity contribution is 0.336. The zero-order valence-corrected chi connectivity index (χ0v) is 19.3. The molecular weight excluding hydrogens is 394 g/mol. The molecule has 5 nitrogen and oxygen atoms in total. The van der Waals surface area contributed by atoms with Crippen molar-refractivity contribution >= 4 is 5.69 Å². The molecule has 1 aliphatic carbocycles. The Morgan fingerprint density at radius 1 is 1.06 bits per heavy atom. The van der Waals surface area contributed by atoms with Gasteiger partial charge in [0.15, 0.2) is 0 Å². The molecule has 0 saturated heterocycles. The van der Waals surface area contributed by atoms with E-state index in [0.717, 1.165) is 37.8 Å². The van der Waals surface area contributed by atoms with Crippen LogP contribution in [0.2, 0.25) is 0 Å². The minimum absolute atomic E-state index is 0.808. The number of nitrogens with one attached hydrogen (secondary N) is 1. The summed E-state index contributed by atoms with van der Waals surface area (Å²) in [4.78, 5) is 7.07. The number of unbranched alkanes of at least 4 members (excludes halogenated alkanes) is 2. The molecule has 3 heterocycles. The van der Waals surface area contributed by atoms with E-state index in [1.165, 1.54) is 73.3 Å². The van der Waals surface area contributed by atoms with Crippen LogP contribution in [0.3, 0.4) is 0 Å². The molecule has 1 saturated carbocycles. The van der Waals surface area contributed by atoms with Gasteiger partial charge in [-0.05, 0) is 51.3 Å². The van der Waals surface area contributed by atoms with Crippen LogP contribution < -0.4 is 10.2 Å². The normalized spacial score (nSPS) is 16.1. The molecule has 3 aromatic rings. The van der Waals surface area contributed by atoms with Gasteiger partial charge in [0, 0.05) is 60.8 Å². The van der Waals surface area contributed by atoms with Gasteiger partial charge < -0.3 is 10.2 Å². The number of nitrogens with zero attached hydrogens (tertiary/aromatic N) is 4. The molecule has 0 radical (unpaired) electrons. The maximum Gasteiger partial charge on any atom is 0.0722 e. The van der Waals surface area contributed by atoms with E-state index in [-0.39, 0.29) is 0 Å². The summed E-state index contributed by atoms with van der Waals surface area (Å²) >= 11 is 0. The molecule has 0 unspecified atom stereocenters. The van der Waals surface area contributed by atoms with Gasteiger partial charge in [0.1, 0.15) is 0 Å². The third-order valence-corrected chi connectivity index (χ3v) is 7.10. The smallest absolute Gasteiger partial charge is 0.0722 e. The highest BCUT2D eigenvalue weighted by molar-refractivity contribution is 5.64. The summed E-state index contributed by atoms with van der Waals surface area (Å²) in [6, 6.07) is 15.6.